The number of fused-ring (bicyclic) bond motifs is 3. The molecule has 0 unspecified atom stereocenters. The summed E-state index contributed by atoms with van der Waals surface area (Å²) in [5.41, 5.74) is 2.65. The highest BCUT2D eigenvalue weighted by molar-refractivity contribution is 7.19. The van der Waals surface area contributed by atoms with Gasteiger partial charge in [0.1, 0.15) is 22.8 Å². The lowest BCUT2D eigenvalue weighted by Gasteiger charge is -2.16. The van der Waals surface area contributed by atoms with Gasteiger partial charge >= 0.3 is 0 Å². The predicted octanol–water partition coefficient (Wildman–Crippen LogP) is 3.79. The molecule has 4 heterocycles. The number of aromatic nitrogens is 3. The van der Waals surface area contributed by atoms with Crippen LogP contribution >= 0.6 is 11.3 Å². The summed E-state index contributed by atoms with van der Waals surface area (Å²) in [7, 11) is 0. The molecule has 6 heteroatoms. The van der Waals surface area contributed by atoms with Crippen LogP contribution in [0.3, 0.4) is 0 Å². The van der Waals surface area contributed by atoms with Crippen molar-refractivity contribution in [2.45, 2.75) is 38.6 Å². The zero-order chi connectivity index (χ0) is 16.6. The van der Waals surface area contributed by atoms with Crippen LogP contribution < -0.4 is 10.2 Å². The van der Waals surface area contributed by atoms with E-state index in [9.17, 15) is 0 Å². The van der Waals surface area contributed by atoms with Crippen molar-refractivity contribution >= 4 is 33.2 Å². The summed E-state index contributed by atoms with van der Waals surface area (Å²) in [5, 5.41) is 4.75. The number of hydrogen-bond donors (Lipinski definition) is 1. The Hall–Kier alpha value is -2.21. The third-order valence-corrected chi connectivity index (χ3v) is 6.40. The van der Waals surface area contributed by atoms with Crippen LogP contribution in [-0.4, -0.2) is 28.0 Å². The molecule has 25 heavy (non-hydrogen) atoms. The number of anilines is 2. The highest BCUT2D eigenvalue weighted by atomic mass is 32.1. The molecule has 1 aliphatic heterocycles. The van der Waals surface area contributed by atoms with Crippen molar-refractivity contribution in [2.75, 3.05) is 23.3 Å². The van der Waals surface area contributed by atoms with Gasteiger partial charge in [-0.05, 0) is 49.3 Å². The lowest BCUT2D eigenvalue weighted by Crippen LogP contribution is -2.18. The van der Waals surface area contributed by atoms with E-state index in [1.807, 2.05) is 17.5 Å². The molecule has 0 amide bonds. The fourth-order valence-corrected chi connectivity index (χ4v) is 5.13. The van der Waals surface area contributed by atoms with E-state index in [0.717, 1.165) is 42.5 Å². The smallest absolute Gasteiger partial charge is 0.138 e. The predicted molar refractivity (Wildman–Crippen MR) is 102 cm³/mol. The first-order valence-electron chi connectivity index (χ1n) is 9.07. The Morgan fingerprint density at radius 3 is 2.80 bits per heavy atom. The second kappa shape index (κ2) is 6.26. The fraction of sp³-hybridized carbons (Fsp3) is 0.421. The maximum absolute atomic E-state index is 4.64. The molecule has 0 aromatic carbocycles. The highest BCUT2D eigenvalue weighted by Crippen LogP contribution is 2.39. The Balaban J connectivity index is 1.35. The Labute approximate surface area is 151 Å². The van der Waals surface area contributed by atoms with Crippen LogP contribution in [0.2, 0.25) is 0 Å². The molecule has 3 aromatic rings. The van der Waals surface area contributed by atoms with E-state index in [1.54, 1.807) is 6.33 Å². The molecule has 5 rings (SSSR count). The van der Waals surface area contributed by atoms with Crippen molar-refractivity contribution in [1.82, 2.24) is 15.0 Å². The maximum Gasteiger partial charge on any atom is 0.138 e. The van der Waals surface area contributed by atoms with Crippen LogP contribution in [0.15, 0.2) is 24.7 Å². The largest absolute Gasteiger partial charge is 0.365 e. The Kier molecular flexibility index (Phi) is 3.77. The van der Waals surface area contributed by atoms with Crippen LogP contribution in [0, 0.1) is 0 Å². The summed E-state index contributed by atoms with van der Waals surface area (Å²) in [6.45, 7) is 3.00. The molecule has 0 spiro atoms. The van der Waals surface area contributed by atoms with E-state index < -0.39 is 0 Å². The van der Waals surface area contributed by atoms with E-state index >= 15 is 0 Å². The van der Waals surface area contributed by atoms with Crippen molar-refractivity contribution in [3.63, 3.8) is 0 Å². The first-order chi connectivity index (χ1) is 12.4. The maximum atomic E-state index is 4.64. The van der Waals surface area contributed by atoms with Crippen molar-refractivity contribution in [3.8, 4) is 0 Å². The Bertz CT molecular complexity index is 896. The molecule has 1 aliphatic carbocycles. The minimum absolute atomic E-state index is 0.740. The second-order valence-corrected chi connectivity index (χ2v) is 7.92. The topological polar surface area (TPSA) is 53.9 Å². The molecule has 3 aromatic heterocycles. The molecule has 2 aliphatic rings. The number of thiophene rings is 1. The van der Waals surface area contributed by atoms with Gasteiger partial charge in [0.2, 0.25) is 0 Å². The van der Waals surface area contributed by atoms with Crippen LogP contribution in [0.4, 0.5) is 11.6 Å². The van der Waals surface area contributed by atoms with Crippen LogP contribution in [0.5, 0.6) is 0 Å². The standard InChI is InChI=1S/C19H21N5S/c1-2-9-24(8-1)16-7-6-13(10-20-16)11-21-18-17-14-4-3-5-15(14)25-19(17)23-12-22-18/h6-7,10,12H,1-5,8-9,11H2,(H,21,22,23). The van der Waals surface area contributed by atoms with Gasteiger partial charge in [0.05, 0.1) is 5.39 Å². The third-order valence-electron chi connectivity index (χ3n) is 5.20. The van der Waals surface area contributed by atoms with E-state index in [1.165, 1.54) is 47.1 Å². The Morgan fingerprint density at radius 2 is 1.96 bits per heavy atom. The molecule has 1 N–H and O–H groups in total. The molecule has 0 saturated carbocycles. The van der Waals surface area contributed by atoms with E-state index in [0.29, 0.717) is 0 Å². The molecular formula is C19H21N5S. The molecule has 128 valence electrons. The number of nitrogens with zero attached hydrogens (tertiary/aromatic N) is 4. The van der Waals surface area contributed by atoms with Gasteiger partial charge in [-0.3, -0.25) is 0 Å². The second-order valence-electron chi connectivity index (χ2n) is 6.83. The van der Waals surface area contributed by atoms with Gasteiger partial charge in [-0.2, -0.15) is 0 Å². The number of rotatable bonds is 4. The molecule has 1 fully saturated rings. The molecular weight excluding hydrogens is 330 g/mol. The van der Waals surface area contributed by atoms with Crippen LogP contribution in [0.25, 0.3) is 10.2 Å². The number of hydrogen-bond acceptors (Lipinski definition) is 6. The molecule has 0 radical (unpaired) electrons. The summed E-state index contributed by atoms with van der Waals surface area (Å²) in [6, 6.07) is 4.31. The van der Waals surface area contributed by atoms with Gasteiger partial charge in [0.15, 0.2) is 0 Å². The van der Waals surface area contributed by atoms with Crippen molar-refractivity contribution < 1.29 is 0 Å². The number of aryl methyl sites for hydroxylation is 2. The molecule has 5 nitrogen and oxygen atoms in total. The summed E-state index contributed by atoms with van der Waals surface area (Å²) >= 11 is 1.83. The number of nitrogens with one attached hydrogen (secondary N) is 1. The minimum Gasteiger partial charge on any atom is -0.365 e. The van der Waals surface area contributed by atoms with E-state index in [-0.39, 0.29) is 0 Å². The molecule has 1 saturated heterocycles. The highest BCUT2D eigenvalue weighted by Gasteiger charge is 2.21. The van der Waals surface area contributed by atoms with Gasteiger partial charge in [0.25, 0.3) is 0 Å². The van der Waals surface area contributed by atoms with Gasteiger partial charge in [0, 0.05) is 30.7 Å². The summed E-state index contributed by atoms with van der Waals surface area (Å²) < 4.78 is 0. The van der Waals surface area contributed by atoms with E-state index in [2.05, 4.69) is 37.3 Å². The molecule has 0 atom stereocenters. The minimum atomic E-state index is 0.740. The average molecular weight is 351 g/mol. The zero-order valence-electron chi connectivity index (χ0n) is 14.2. The summed E-state index contributed by atoms with van der Waals surface area (Å²) in [6.07, 6.45) is 9.82. The quantitative estimate of drug-likeness (QED) is 0.775. The third kappa shape index (κ3) is 2.74. The lowest BCUT2D eigenvalue weighted by molar-refractivity contribution is 0.917. The van der Waals surface area contributed by atoms with Gasteiger partial charge in [-0.15, -0.1) is 11.3 Å². The van der Waals surface area contributed by atoms with Crippen molar-refractivity contribution in [1.29, 1.82) is 0 Å². The number of pyridine rings is 1. The SMILES string of the molecule is c1nc(NCc2ccc(N3CCCC3)nc2)c2c3c(sc2n1)CCC3. The summed E-state index contributed by atoms with van der Waals surface area (Å²) in [4.78, 5) is 18.6. The van der Waals surface area contributed by atoms with Crippen molar-refractivity contribution in [2.24, 2.45) is 0 Å². The lowest BCUT2D eigenvalue weighted by atomic mass is 10.2. The normalized spacial score (nSPS) is 16.6. The van der Waals surface area contributed by atoms with E-state index in [4.69, 9.17) is 0 Å². The zero-order valence-corrected chi connectivity index (χ0v) is 15.0. The summed E-state index contributed by atoms with van der Waals surface area (Å²) in [5.74, 6) is 2.06. The van der Waals surface area contributed by atoms with Crippen LogP contribution in [-0.2, 0) is 19.4 Å². The van der Waals surface area contributed by atoms with Crippen molar-refractivity contribution in [3.05, 3.63) is 40.7 Å². The molecule has 0 bridgehead atoms. The first kappa shape index (κ1) is 15.1. The van der Waals surface area contributed by atoms with Gasteiger partial charge in [-0.1, -0.05) is 6.07 Å². The van der Waals surface area contributed by atoms with Gasteiger partial charge in [-0.25, -0.2) is 15.0 Å². The van der Waals surface area contributed by atoms with Crippen LogP contribution in [0.1, 0.15) is 35.3 Å². The average Bonchev–Trinajstić information content (AvgIpc) is 3.37. The Morgan fingerprint density at radius 1 is 1.04 bits per heavy atom. The first-order valence-corrected chi connectivity index (χ1v) is 9.89. The van der Waals surface area contributed by atoms with Gasteiger partial charge < -0.3 is 10.2 Å². The fourth-order valence-electron chi connectivity index (χ4n) is 3.90. The monoisotopic (exact) mass is 351 g/mol.